The van der Waals surface area contributed by atoms with E-state index in [1.54, 1.807) is 6.07 Å². The standard InChI is InChI=1S/C20H17F2NO2/c1-2-23-16(11-10-14-6-3-4-9-18(14)23)13-19(24)15-7-5-8-17(12-15)25-20(21)22/h3-13,20H,2H2,1H3. The van der Waals surface area contributed by atoms with Crippen LogP contribution < -0.4 is 9.64 Å². The second-order valence-electron chi connectivity index (χ2n) is 5.48. The lowest BCUT2D eigenvalue weighted by atomic mass is 10.0. The largest absolute Gasteiger partial charge is 0.435 e. The Labute approximate surface area is 144 Å². The summed E-state index contributed by atoms with van der Waals surface area (Å²) in [4.78, 5) is 14.6. The van der Waals surface area contributed by atoms with Gasteiger partial charge in [0.15, 0.2) is 5.78 Å². The van der Waals surface area contributed by atoms with Crippen molar-refractivity contribution in [2.45, 2.75) is 13.5 Å². The molecule has 2 aromatic rings. The number of fused-ring (bicyclic) bond motifs is 1. The molecule has 1 heterocycles. The molecule has 3 rings (SSSR count). The predicted octanol–water partition coefficient (Wildman–Crippen LogP) is 4.91. The number of para-hydroxylation sites is 1. The molecule has 0 amide bonds. The number of likely N-dealkylation sites (N-methyl/N-ethyl adjacent to an activating group) is 1. The fourth-order valence-electron chi connectivity index (χ4n) is 2.80. The summed E-state index contributed by atoms with van der Waals surface area (Å²) in [7, 11) is 0. The molecule has 0 fully saturated rings. The number of carbonyl (C=O) groups excluding carboxylic acids is 1. The van der Waals surface area contributed by atoms with Gasteiger partial charge in [-0.05, 0) is 36.8 Å². The fourth-order valence-corrected chi connectivity index (χ4v) is 2.80. The van der Waals surface area contributed by atoms with Crippen LogP contribution >= 0.6 is 0 Å². The van der Waals surface area contributed by atoms with Crippen LogP contribution in [0.5, 0.6) is 5.75 Å². The van der Waals surface area contributed by atoms with E-state index in [-0.39, 0.29) is 11.5 Å². The fraction of sp³-hybridized carbons (Fsp3) is 0.150. The number of halogens is 2. The Morgan fingerprint density at radius 2 is 1.96 bits per heavy atom. The van der Waals surface area contributed by atoms with Crippen molar-refractivity contribution in [2.24, 2.45) is 0 Å². The van der Waals surface area contributed by atoms with Crippen LogP contribution in [0.1, 0.15) is 22.8 Å². The number of ether oxygens (including phenoxy) is 1. The van der Waals surface area contributed by atoms with E-state index in [0.717, 1.165) is 16.9 Å². The number of alkyl halides is 2. The monoisotopic (exact) mass is 341 g/mol. The van der Waals surface area contributed by atoms with E-state index in [4.69, 9.17) is 0 Å². The van der Waals surface area contributed by atoms with Crippen molar-refractivity contribution in [1.29, 1.82) is 0 Å². The minimum Gasteiger partial charge on any atom is -0.435 e. The van der Waals surface area contributed by atoms with Crippen LogP contribution in [0.2, 0.25) is 0 Å². The van der Waals surface area contributed by atoms with Crippen molar-refractivity contribution in [2.75, 3.05) is 11.4 Å². The van der Waals surface area contributed by atoms with E-state index < -0.39 is 6.61 Å². The van der Waals surface area contributed by atoms with Gasteiger partial charge in [-0.25, -0.2) is 0 Å². The Bertz CT molecular complexity index is 843. The maximum Gasteiger partial charge on any atom is 0.387 e. The van der Waals surface area contributed by atoms with Crippen LogP contribution in [0, 0.1) is 0 Å². The van der Waals surface area contributed by atoms with Crippen LogP contribution in [0.4, 0.5) is 14.5 Å². The molecule has 3 nitrogen and oxygen atoms in total. The summed E-state index contributed by atoms with van der Waals surface area (Å²) < 4.78 is 29.0. The normalized spacial score (nSPS) is 14.7. The zero-order chi connectivity index (χ0) is 17.8. The van der Waals surface area contributed by atoms with Gasteiger partial charge in [0.2, 0.25) is 0 Å². The van der Waals surface area contributed by atoms with Crippen molar-refractivity contribution < 1.29 is 18.3 Å². The quantitative estimate of drug-likeness (QED) is 0.572. The molecule has 0 unspecified atom stereocenters. The van der Waals surface area contributed by atoms with Gasteiger partial charge >= 0.3 is 6.61 Å². The predicted molar refractivity (Wildman–Crippen MR) is 94.0 cm³/mol. The second-order valence-corrected chi connectivity index (χ2v) is 5.48. The summed E-state index contributed by atoms with van der Waals surface area (Å²) in [6, 6.07) is 13.7. The number of benzene rings is 2. The highest BCUT2D eigenvalue weighted by Crippen LogP contribution is 2.30. The van der Waals surface area contributed by atoms with Gasteiger partial charge in [0.05, 0.1) is 0 Å². The minimum atomic E-state index is -2.92. The highest BCUT2D eigenvalue weighted by Gasteiger charge is 2.17. The van der Waals surface area contributed by atoms with Crippen molar-refractivity contribution in [1.82, 2.24) is 0 Å². The summed E-state index contributed by atoms with van der Waals surface area (Å²) in [5.74, 6) is -0.298. The molecule has 0 saturated carbocycles. The lowest BCUT2D eigenvalue weighted by molar-refractivity contribution is -0.0498. The van der Waals surface area contributed by atoms with Gasteiger partial charge in [0, 0.05) is 29.6 Å². The maximum atomic E-state index is 12.5. The first-order valence-electron chi connectivity index (χ1n) is 7.94. The SMILES string of the molecule is CCN1C(=CC(=O)c2cccc(OC(F)F)c2)C=Cc2ccccc21. The molecule has 0 N–H and O–H groups in total. The van der Waals surface area contributed by atoms with Gasteiger partial charge in [-0.3, -0.25) is 4.79 Å². The summed E-state index contributed by atoms with van der Waals surface area (Å²) in [6.45, 7) is -0.211. The summed E-state index contributed by atoms with van der Waals surface area (Å²) in [5.41, 5.74) is 3.17. The van der Waals surface area contributed by atoms with Crippen molar-refractivity contribution in [3.63, 3.8) is 0 Å². The molecule has 25 heavy (non-hydrogen) atoms. The first kappa shape index (κ1) is 16.9. The molecule has 0 bridgehead atoms. The molecule has 2 aromatic carbocycles. The van der Waals surface area contributed by atoms with Crippen molar-refractivity contribution >= 4 is 17.5 Å². The zero-order valence-electron chi connectivity index (χ0n) is 13.7. The zero-order valence-corrected chi connectivity index (χ0v) is 13.7. The van der Waals surface area contributed by atoms with E-state index in [2.05, 4.69) is 4.74 Å². The van der Waals surface area contributed by atoms with Crippen LogP contribution in [-0.4, -0.2) is 18.9 Å². The highest BCUT2D eigenvalue weighted by atomic mass is 19.3. The summed E-state index contributed by atoms with van der Waals surface area (Å²) >= 11 is 0. The Hall–Kier alpha value is -2.95. The molecule has 0 atom stereocenters. The smallest absolute Gasteiger partial charge is 0.387 e. The molecule has 0 radical (unpaired) electrons. The topological polar surface area (TPSA) is 29.5 Å². The number of hydrogen-bond acceptors (Lipinski definition) is 3. The Morgan fingerprint density at radius 3 is 2.72 bits per heavy atom. The van der Waals surface area contributed by atoms with E-state index in [0.29, 0.717) is 12.1 Å². The van der Waals surface area contributed by atoms with E-state index >= 15 is 0 Å². The molecular formula is C20H17F2NO2. The molecule has 0 aromatic heterocycles. The molecule has 0 spiro atoms. The second kappa shape index (κ2) is 7.30. The third-order valence-electron chi connectivity index (χ3n) is 3.91. The first-order chi connectivity index (χ1) is 12.1. The third kappa shape index (κ3) is 3.76. The van der Waals surface area contributed by atoms with Crippen LogP contribution in [0.3, 0.4) is 0 Å². The number of rotatable bonds is 5. The van der Waals surface area contributed by atoms with Gasteiger partial charge in [0.25, 0.3) is 0 Å². The molecular weight excluding hydrogens is 324 g/mol. The Kier molecular flexibility index (Phi) is 4.93. The van der Waals surface area contributed by atoms with Crippen LogP contribution in [0.15, 0.2) is 66.4 Å². The van der Waals surface area contributed by atoms with Gasteiger partial charge in [-0.1, -0.05) is 36.4 Å². The molecule has 128 valence electrons. The lowest BCUT2D eigenvalue weighted by Gasteiger charge is -2.29. The van der Waals surface area contributed by atoms with Crippen LogP contribution in [0.25, 0.3) is 6.08 Å². The summed E-state index contributed by atoms with van der Waals surface area (Å²) in [5, 5.41) is 0. The van der Waals surface area contributed by atoms with Crippen molar-refractivity contribution in [3.05, 3.63) is 77.5 Å². The third-order valence-corrected chi connectivity index (χ3v) is 3.91. The van der Waals surface area contributed by atoms with Gasteiger partial charge in [-0.15, -0.1) is 0 Å². The van der Waals surface area contributed by atoms with Gasteiger partial charge in [0.1, 0.15) is 5.75 Å². The van der Waals surface area contributed by atoms with Gasteiger partial charge in [-0.2, -0.15) is 8.78 Å². The molecule has 5 heteroatoms. The van der Waals surface area contributed by atoms with E-state index in [9.17, 15) is 13.6 Å². The Balaban J connectivity index is 1.89. The average Bonchev–Trinajstić information content (AvgIpc) is 2.61. The number of anilines is 1. The molecule has 1 aliphatic heterocycles. The van der Waals surface area contributed by atoms with E-state index in [1.807, 2.05) is 48.2 Å². The molecule has 0 saturated heterocycles. The van der Waals surface area contributed by atoms with Crippen LogP contribution in [-0.2, 0) is 0 Å². The Morgan fingerprint density at radius 1 is 1.16 bits per heavy atom. The number of carbonyl (C=O) groups is 1. The number of hydrogen-bond donors (Lipinski definition) is 0. The van der Waals surface area contributed by atoms with Crippen molar-refractivity contribution in [3.8, 4) is 5.75 Å². The number of ketones is 1. The highest BCUT2D eigenvalue weighted by molar-refractivity contribution is 6.06. The average molecular weight is 341 g/mol. The maximum absolute atomic E-state index is 12.5. The molecule has 0 aliphatic carbocycles. The lowest BCUT2D eigenvalue weighted by Crippen LogP contribution is -2.24. The van der Waals surface area contributed by atoms with E-state index in [1.165, 1.54) is 24.3 Å². The van der Waals surface area contributed by atoms with Gasteiger partial charge < -0.3 is 9.64 Å². The number of nitrogens with zero attached hydrogens (tertiary/aromatic N) is 1. The minimum absolute atomic E-state index is 0.0314. The summed E-state index contributed by atoms with van der Waals surface area (Å²) in [6.07, 6.45) is 5.34. The number of allylic oxidation sites excluding steroid dienone is 2. The molecule has 1 aliphatic rings. The first-order valence-corrected chi connectivity index (χ1v) is 7.94.